The van der Waals surface area contributed by atoms with Crippen molar-refractivity contribution >= 4 is 0 Å². The molecule has 5 nitrogen and oxygen atoms in total. The summed E-state index contributed by atoms with van der Waals surface area (Å²) in [5, 5.41) is 13.1. The Morgan fingerprint density at radius 3 is 2.85 bits per heavy atom. The number of hydrogen-bond acceptors (Lipinski definition) is 5. The van der Waals surface area contributed by atoms with Crippen molar-refractivity contribution in [1.82, 2.24) is 5.32 Å². The zero-order valence-corrected chi connectivity index (χ0v) is 13.0. The maximum atomic E-state index is 9.82. The van der Waals surface area contributed by atoms with Crippen LogP contribution in [0.1, 0.15) is 39.0 Å². The second-order valence-corrected chi connectivity index (χ2v) is 5.61. The van der Waals surface area contributed by atoms with E-state index in [9.17, 15) is 5.11 Å². The van der Waals surface area contributed by atoms with E-state index in [1.165, 1.54) is 19.3 Å². The minimum Gasteiger partial charge on any atom is -0.389 e. The Labute approximate surface area is 123 Å². The van der Waals surface area contributed by atoms with Crippen LogP contribution in [0.15, 0.2) is 0 Å². The van der Waals surface area contributed by atoms with E-state index in [-0.39, 0.29) is 5.60 Å². The van der Waals surface area contributed by atoms with Gasteiger partial charge in [-0.1, -0.05) is 26.2 Å². The largest absolute Gasteiger partial charge is 0.389 e. The van der Waals surface area contributed by atoms with Crippen molar-refractivity contribution < 1.29 is 19.3 Å². The van der Waals surface area contributed by atoms with E-state index >= 15 is 0 Å². The summed E-state index contributed by atoms with van der Waals surface area (Å²) >= 11 is 0. The van der Waals surface area contributed by atoms with Gasteiger partial charge in [-0.15, -0.1) is 0 Å². The van der Waals surface area contributed by atoms with Gasteiger partial charge in [0.1, 0.15) is 5.60 Å². The summed E-state index contributed by atoms with van der Waals surface area (Å²) in [4.78, 5) is 0. The van der Waals surface area contributed by atoms with Gasteiger partial charge in [0.15, 0.2) is 0 Å². The summed E-state index contributed by atoms with van der Waals surface area (Å²) in [6.45, 7) is 5.94. The third-order valence-electron chi connectivity index (χ3n) is 3.78. The molecule has 0 saturated carbocycles. The molecule has 0 aromatic carbocycles. The standard InChI is InChI=1S/C15H31NO4/c1-3-4-5-6-8-19-11-14(17)10-16-12-15(18-2)7-9-20-13-15/h14,16-17H,3-13H2,1-2H3. The zero-order valence-electron chi connectivity index (χ0n) is 13.0. The van der Waals surface area contributed by atoms with Crippen molar-refractivity contribution in [3.63, 3.8) is 0 Å². The molecule has 1 fully saturated rings. The monoisotopic (exact) mass is 289 g/mol. The van der Waals surface area contributed by atoms with Crippen molar-refractivity contribution in [2.45, 2.75) is 50.7 Å². The van der Waals surface area contributed by atoms with Gasteiger partial charge in [-0.3, -0.25) is 0 Å². The molecule has 0 amide bonds. The highest BCUT2D eigenvalue weighted by atomic mass is 16.5. The minimum absolute atomic E-state index is 0.221. The molecule has 2 atom stereocenters. The van der Waals surface area contributed by atoms with Crippen molar-refractivity contribution in [3.8, 4) is 0 Å². The van der Waals surface area contributed by atoms with Gasteiger partial charge in [-0.05, 0) is 6.42 Å². The molecule has 1 aliphatic rings. The highest BCUT2D eigenvalue weighted by molar-refractivity contribution is 4.87. The van der Waals surface area contributed by atoms with Crippen molar-refractivity contribution in [3.05, 3.63) is 0 Å². The summed E-state index contributed by atoms with van der Waals surface area (Å²) in [6.07, 6.45) is 5.23. The van der Waals surface area contributed by atoms with Gasteiger partial charge in [-0.25, -0.2) is 0 Å². The van der Waals surface area contributed by atoms with Crippen molar-refractivity contribution in [2.75, 3.05) is 46.6 Å². The number of ether oxygens (including phenoxy) is 3. The summed E-state index contributed by atoms with van der Waals surface area (Å²) in [6, 6.07) is 0. The molecule has 1 heterocycles. The van der Waals surface area contributed by atoms with Crippen LogP contribution >= 0.6 is 0 Å². The lowest BCUT2D eigenvalue weighted by atomic mass is 10.0. The lowest BCUT2D eigenvalue weighted by molar-refractivity contribution is -0.0199. The molecule has 0 aromatic rings. The highest BCUT2D eigenvalue weighted by Crippen LogP contribution is 2.21. The molecule has 0 radical (unpaired) electrons. The first-order valence-corrected chi connectivity index (χ1v) is 7.82. The third kappa shape index (κ3) is 6.99. The zero-order chi connectivity index (χ0) is 14.7. The topological polar surface area (TPSA) is 60.0 Å². The van der Waals surface area contributed by atoms with E-state index in [0.29, 0.717) is 26.3 Å². The summed E-state index contributed by atoms with van der Waals surface area (Å²) in [5.41, 5.74) is -0.221. The number of aliphatic hydroxyl groups is 1. The van der Waals surface area contributed by atoms with Gasteiger partial charge in [0.2, 0.25) is 0 Å². The van der Waals surface area contributed by atoms with E-state index in [4.69, 9.17) is 14.2 Å². The number of unbranched alkanes of at least 4 members (excludes halogenated alkanes) is 3. The maximum absolute atomic E-state index is 9.82. The predicted octanol–water partition coefficient (Wildman–Crippen LogP) is 1.34. The van der Waals surface area contributed by atoms with E-state index in [1.54, 1.807) is 7.11 Å². The Hall–Kier alpha value is -0.200. The van der Waals surface area contributed by atoms with Crippen LogP contribution in [0.25, 0.3) is 0 Å². The second-order valence-electron chi connectivity index (χ2n) is 5.61. The lowest BCUT2D eigenvalue weighted by Crippen LogP contribution is -2.45. The van der Waals surface area contributed by atoms with Gasteiger partial charge in [0, 0.05) is 39.8 Å². The Bertz CT molecular complexity index is 232. The molecule has 1 aliphatic heterocycles. The van der Waals surface area contributed by atoms with Gasteiger partial charge in [0.05, 0.1) is 19.3 Å². The fraction of sp³-hybridized carbons (Fsp3) is 1.00. The van der Waals surface area contributed by atoms with Crippen LogP contribution in [-0.4, -0.2) is 63.4 Å². The Morgan fingerprint density at radius 1 is 1.35 bits per heavy atom. The van der Waals surface area contributed by atoms with E-state index in [2.05, 4.69) is 12.2 Å². The fourth-order valence-corrected chi connectivity index (χ4v) is 2.34. The molecular weight excluding hydrogens is 258 g/mol. The van der Waals surface area contributed by atoms with Crippen LogP contribution < -0.4 is 5.32 Å². The molecule has 0 spiro atoms. The Morgan fingerprint density at radius 2 is 2.20 bits per heavy atom. The molecule has 0 aromatic heterocycles. The molecule has 1 rings (SSSR count). The van der Waals surface area contributed by atoms with Crippen LogP contribution in [0.3, 0.4) is 0 Å². The highest BCUT2D eigenvalue weighted by Gasteiger charge is 2.34. The summed E-state index contributed by atoms with van der Waals surface area (Å²) in [7, 11) is 1.71. The predicted molar refractivity (Wildman–Crippen MR) is 79.0 cm³/mol. The fourth-order valence-electron chi connectivity index (χ4n) is 2.34. The Kier molecular flexibility index (Phi) is 9.39. The lowest BCUT2D eigenvalue weighted by Gasteiger charge is -2.26. The molecule has 1 saturated heterocycles. The summed E-state index contributed by atoms with van der Waals surface area (Å²) < 4.78 is 16.4. The number of hydrogen-bond donors (Lipinski definition) is 2. The van der Waals surface area contributed by atoms with Crippen LogP contribution in [0, 0.1) is 0 Å². The maximum Gasteiger partial charge on any atom is 0.106 e. The average molecular weight is 289 g/mol. The third-order valence-corrected chi connectivity index (χ3v) is 3.78. The second kappa shape index (κ2) is 10.5. The normalized spacial score (nSPS) is 24.1. The number of rotatable bonds is 12. The molecular formula is C15H31NO4. The number of aliphatic hydroxyl groups excluding tert-OH is 1. The van der Waals surface area contributed by atoms with Gasteiger partial charge in [0.25, 0.3) is 0 Å². The number of nitrogens with one attached hydrogen (secondary N) is 1. The molecule has 120 valence electrons. The quantitative estimate of drug-likeness (QED) is 0.531. The van der Waals surface area contributed by atoms with E-state index in [0.717, 1.165) is 26.1 Å². The van der Waals surface area contributed by atoms with Crippen molar-refractivity contribution in [2.24, 2.45) is 0 Å². The van der Waals surface area contributed by atoms with E-state index < -0.39 is 6.10 Å². The van der Waals surface area contributed by atoms with Crippen LogP contribution in [-0.2, 0) is 14.2 Å². The number of methoxy groups -OCH3 is 1. The van der Waals surface area contributed by atoms with Crippen LogP contribution in [0.2, 0.25) is 0 Å². The first-order chi connectivity index (χ1) is 9.72. The van der Waals surface area contributed by atoms with Crippen LogP contribution in [0.5, 0.6) is 0 Å². The molecule has 20 heavy (non-hydrogen) atoms. The van der Waals surface area contributed by atoms with Crippen molar-refractivity contribution in [1.29, 1.82) is 0 Å². The SMILES string of the molecule is CCCCCCOCC(O)CNCC1(OC)CCOC1. The molecule has 5 heteroatoms. The summed E-state index contributed by atoms with van der Waals surface area (Å²) in [5.74, 6) is 0. The van der Waals surface area contributed by atoms with Gasteiger partial charge in [-0.2, -0.15) is 0 Å². The molecule has 2 N–H and O–H groups in total. The first kappa shape index (κ1) is 17.9. The van der Waals surface area contributed by atoms with E-state index in [1.807, 2.05) is 0 Å². The molecule has 0 aliphatic carbocycles. The first-order valence-electron chi connectivity index (χ1n) is 7.82. The average Bonchev–Trinajstić information content (AvgIpc) is 2.92. The minimum atomic E-state index is -0.461. The van der Waals surface area contributed by atoms with Gasteiger partial charge >= 0.3 is 0 Å². The molecule has 0 bridgehead atoms. The van der Waals surface area contributed by atoms with Gasteiger partial charge < -0.3 is 24.6 Å². The van der Waals surface area contributed by atoms with Crippen LogP contribution in [0.4, 0.5) is 0 Å². The smallest absolute Gasteiger partial charge is 0.106 e. The molecule has 2 unspecified atom stereocenters. The Balaban J connectivity index is 1.98.